The number of hydrogen-bond donors (Lipinski definition) is 0. The smallest absolute Gasteiger partial charge is 0.166 e. The lowest BCUT2D eigenvalue weighted by Crippen LogP contribution is -2.15. The molecule has 160 valence electrons. The van der Waals surface area contributed by atoms with Crippen molar-refractivity contribution in [1.82, 2.24) is 9.97 Å². The minimum Gasteiger partial charge on any atom is -0.355 e. The molecule has 7 heteroatoms. The Morgan fingerprint density at radius 2 is 1.39 bits per heavy atom. The third-order valence-electron chi connectivity index (χ3n) is 4.38. The van der Waals surface area contributed by atoms with E-state index in [1.807, 2.05) is 36.4 Å². The molecule has 0 N–H and O–H groups in total. The van der Waals surface area contributed by atoms with Gasteiger partial charge in [-0.05, 0) is 48.5 Å². The topological polar surface area (TPSA) is 61.3 Å². The Morgan fingerprint density at radius 3 is 1.90 bits per heavy atom. The second kappa shape index (κ2) is 12.4. The molecule has 4 aromatic rings. The van der Waals surface area contributed by atoms with Crippen LogP contribution < -0.4 is 0 Å². The van der Waals surface area contributed by atoms with E-state index in [2.05, 4.69) is 34.2 Å². The van der Waals surface area contributed by atoms with Gasteiger partial charge in [0.25, 0.3) is 0 Å². The van der Waals surface area contributed by atoms with Crippen molar-refractivity contribution >= 4 is 51.6 Å². The number of methoxy groups -OCH3 is 2. The number of pyridine rings is 2. The van der Waals surface area contributed by atoms with Crippen molar-refractivity contribution in [3.63, 3.8) is 0 Å². The monoisotopic (exact) mass is 452 g/mol. The van der Waals surface area contributed by atoms with Gasteiger partial charge in [-0.25, -0.2) is 0 Å². The van der Waals surface area contributed by atoms with Gasteiger partial charge in [-0.1, -0.05) is 12.1 Å². The Bertz CT molecular complexity index is 1120. The Labute approximate surface area is 190 Å². The average molecular weight is 453 g/mol. The summed E-state index contributed by atoms with van der Waals surface area (Å²) in [4.78, 5) is 21.0. The molecule has 0 saturated heterocycles. The van der Waals surface area contributed by atoms with Gasteiger partial charge in [0.05, 0.1) is 16.8 Å². The quantitative estimate of drug-likeness (QED) is 0.199. The highest BCUT2D eigenvalue weighted by Crippen LogP contribution is 2.24. The zero-order valence-electron chi connectivity index (χ0n) is 17.4. The van der Waals surface area contributed by atoms with E-state index in [0.29, 0.717) is 5.75 Å². The zero-order chi connectivity index (χ0) is 21.9. The Kier molecular flexibility index (Phi) is 9.30. The molecular weight excluding hydrogens is 428 g/mol. The van der Waals surface area contributed by atoms with Crippen LogP contribution in [0.3, 0.4) is 0 Å². The molecule has 2 aromatic carbocycles. The second-order valence-corrected chi connectivity index (χ2v) is 8.59. The summed E-state index contributed by atoms with van der Waals surface area (Å²) in [5, 5.41) is 2.27. The predicted molar refractivity (Wildman–Crippen MR) is 129 cm³/mol. The van der Waals surface area contributed by atoms with Gasteiger partial charge in [0, 0.05) is 52.9 Å². The van der Waals surface area contributed by atoms with Gasteiger partial charge >= 0.3 is 0 Å². The number of aromatic nitrogens is 2. The summed E-state index contributed by atoms with van der Waals surface area (Å²) in [5.74, 6) is 1.28. The van der Waals surface area contributed by atoms with Gasteiger partial charge < -0.3 is 14.3 Å². The number of aldehydes is 1. The largest absolute Gasteiger partial charge is 0.355 e. The molecule has 0 saturated carbocycles. The molecule has 0 unspecified atom stereocenters. The molecule has 0 fully saturated rings. The van der Waals surface area contributed by atoms with E-state index in [9.17, 15) is 4.79 Å². The maximum Gasteiger partial charge on any atom is 0.166 e. The minimum atomic E-state index is -0.162. The number of hydrogen-bond acceptors (Lipinski definition) is 7. The molecule has 4 rings (SSSR count). The van der Waals surface area contributed by atoms with Gasteiger partial charge in [0.1, 0.15) is 6.29 Å². The number of thioether (sulfide) groups is 2. The molecule has 5 nitrogen and oxygen atoms in total. The molecule has 0 amide bonds. The normalized spacial score (nSPS) is 10.8. The summed E-state index contributed by atoms with van der Waals surface area (Å²) in [6.45, 7) is 0. The number of nitrogens with zero attached hydrogens (tertiary/aromatic N) is 2. The summed E-state index contributed by atoms with van der Waals surface area (Å²) in [6, 6.07) is 20.2. The first-order valence-electron chi connectivity index (χ1n) is 9.68. The fourth-order valence-electron chi connectivity index (χ4n) is 2.81. The molecule has 2 aromatic heterocycles. The highest BCUT2D eigenvalue weighted by atomic mass is 32.2. The molecule has 0 bridgehead atoms. The molecule has 0 atom stereocenters. The van der Waals surface area contributed by atoms with Gasteiger partial charge in [-0.15, -0.1) is 23.5 Å². The van der Waals surface area contributed by atoms with Crippen LogP contribution in [0.2, 0.25) is 0 Å². The van der Waals surface area contributed by atoms with E-state index in [1.54, 1.807) is 38.4 Å². The highest BCUT2D eigenvalue weighted by Gasteiger charge is 2.06. The van der Waals surface area contributed by atoms with Crippen LogP contribution in [-0.2, 0) is 14.3 Å². The summed E-state index contributed by atoms with van der Waals surface area (Å²) in [7, 11) is 3.30. The maximum atomic E-state index is 10.2. The zero-order valence-corrected chi connectivity index (χ0v) is 19.1. The number of benzene rings is 2. The van der Waals surface area contributed by atoms with Gasteiger partial charge in [-0.3, -0.25) is 9.97 Å². The highest BCUT2D eigenvalue weighted by molar-refractivity contribution is 8.00. The maximum absolute atomic E-state index is 10.2. The molecule has 2 heterocycles. The average Bonchev–Trinajstić information content (AvgIpc) is 2.83. The molecule has 31 heavy (non-hydrogen) atoms. The van der Waals surface area contributed by atoms with Crippen molar-refractivity contribution in [3.8, 4) is 0 Å². The molecule has 0 spiro atoms. The summed E-state index contributed by atoms with van der Waals surface area (Å²) >= 11 is 3.25. The summed E-state index contributed by atoms with van der Waals surface area (Å²) in [5.41, 5.74) is 2.01. The van der Waals surface area contributed by atoms with Crippen LogP contribution in [0.5, 0.6) is 0 Å². The molecule has 0 aliphatic rings. The molecule has 0 radical (unpaired) electrons. The van der Waals surface area contributed by atoms with Gasteiger partial charge in [-0.2, -0.15) is 0 Å². The molecular formula is C24H24N2O3S2. The van der Waals surface area contributed by atoms with E-state index in [1.165, 1.54) is 16.7 Å². The van der Waals surface area contributed by atoms with E-state index in [-0.39, 0.29) is 6.29 Å². The SMILES string of the molecule is COC(CSc1ccc2ncccc2c1)OC.O=CCSc1ccc2ncccc2c1. The first-order chi connectivity index (χ1) is 15.2. The summed E-state index contributed by atoms with van der Waals surface area (Å²) in [6.07, 6.45) is 4.34. The number of rotatable bonds is 8. The van der Waals surface area contributed by atoms with Crippen molar-refractivity contribution in [3.05, 3.63) is 73.1 Å². The van der Waals surface area contributed by atoms with Crippen molar-refractivity contribution in [1.29, 1.82) is 0 Å². The number of carbonyl (C=O) groups excluding carboxylic acids is 1. The first kappa shape index (κ1) is 23.2. The van der Waals surface area contributed by atoms with Crippen molar-refractivity contribution < 1.29 is 14.3 Å². The van der Waals surface area contributed by atoms with Crippen molar-refractivity contribution in [2.24, 2.45) is 0 Å². The van der Waals surface area contributed by atoms with E-state index in [4.69, 9.17) is 9.47 Å². The predicted octanol–water partition coefficient (Wildman–Crippen LogP) is 5.47. The Morgan fingerprint density at radius 1 is 0.839 bits per heavy atom. The van der Waals surface area contributed by atoms with Crippen LogP contribution in [0, 0.1) is 0 Å². The van der Waals surface area contributed by atoms with Crippen LogP contribution in [0.4, 0.5) is 0 Å². The number of fused-ring (bicyclic) bond motifs is 2. The second-order valence-electron chi connectivity index (χ2n) is 6.41. The van der Waals surface area contributed by atoms with Crippen LogP contribution in [0.25, 0.3) is 21.8 Å². The number of carbonyl (C=O) groups is 1. The van der Waals surface area contributed by atoms with Gasteiger partial charge in [0.15, 0.2) is 6.29 Å². The van der Waals surface area contributed by atoms with E-state index in [0.717, 1.165) is 38.7 Å². The van der Waals surface area contributed by atoms with Crippen LogP contribution in [0.1, 0.15) is 0 Å². The Balaban J connectivity index is 0.000000179. The van der Waals surface area contributed by atoms with Crippen molar-refractivity contribution in [2.45, 2.75) is 16.1 Å². The molecule has 0 aliphatic carbocycles. The fraction of sp³-hybridized carbons (Fsp3) is 0.208. The van der Waals surface area contributed by atoms with Crippen LogP contribution >= 0.6 is 23.5 Å². The Hall–Kier alpha value is -2.45. The fourth-order valence-corrected chi connectivity index (χ4v) is 4.42. The lowest BCUT2D eigenvalue weighted by Gasteiger charge is -2.12. The van der Waals surface area contributed by atoms with Gasteiger partial charge in [0.2, 0.25) is 0 Å². The third kappa shape index (κ3) is 7.04. The van der Waals surface area contributed by atoms with E-state index >= 15 is 0 Å². The minimum absolute atomic E-state index is 0.162. The lowest BCUT2D eigenvalue weighted by atomic mass is 10.2. The standard InChI is InChI=1S/C13H15NO2S.C11H9NOS/c1-15-13(16-2)9-17-11-5-6-12-10(8-11)4-3-7-14-12;13-6-7-14-10-3-4-11-9(8-10)2-1-5-12-11/h3-8,13H,9H2,1-2H3;1-6,8H,7H2. The van der Waals surface area contributed by atoms with Crippen LogP contribution in [0.15, 0.2) is 82.8 Å². The number of ether oxygens (including phenoxy) is 2. The summed E-state index contributed by atoms with van der Waals surface area (Å²) < 4.78 is 10.3. The first-order valence-corrected chi connectivity index (χ1v) is 11.6. The third-order valence-corrected chi connectivity index (χ3v) is 6.29. The van der Waals surface area contributed by atoms with E-state index < -0.39 is 0 Å². The molecule has 0 aliphatic heterocycles. The van der Waals surface area contributed by atoms with Crippen LogP contribution in [-0.4, -0.2) is 48.3 Å². The van der Waals surface area contributed by atoms with Crippen molar-refractivity contribution in [2.75, 3.05) is 25.7 Å². The lowest BCUT2D eigenvalue weighted by molar-refractivity contribution is -0.105.